The Hall–Kier alpha value is -2.66. The monoisotopic (exact) mass is 327 g/mol. The minimum Gasteiger partial charge on any atom is -0.484 e. The van der Waals surface area contributed by atoms with E-state index >= 15 is 0 Å². The molecule has 0 heterocycles. The van der Waals surface area contributed by atoms with Gasteiger partial charge >= 0.3 is 0 Å². The first-order valence-corrected chi connectivity index (χ1v) is 7.65. The van der Waals surface area contributed by atoms with Crippen LogP contribution in [0, 0.1) is 0 Å². The highest BCUT2D eigenvalue weighted by atomic mass is 16.5. The van der Waals surface area contributed by atoms with Crippen LogP contribution >= 0.6 is 0 Å². The van der Waals surface area contributed by atoms with Crippen LogP contribution < -0.4 is 10.1 Å². The van der Waals surface area contributed by atoms with E-state index in [2.05, 4.69) is 5.32 Å². The molecule has 0 fully saturated rings. The van der Waals surface area contributed by atoms with Crippen molar-refractivity contribution in [3.63, 3.8) is 0 Å². The van der Waals surface area contributed by atoms with Crippen molar-refractivity contribution in [2.24, 2.45) is 0 Å². The van der Waals surface area contributed by atoms with E-state index in [4.69, 9.17) is 9.47 Å². The van der Waals surface area contributed by atoms with Crippen LogP contribution in [0.5, 0.6) is 5.75 Å². The molecule has 1 amide bonds. The average molecular weight is 327 g/mol. The molecule has 2 aromatic carbocycles. The number of nitrogens with one attached hydrogen (secondary N) is 1. The molecule has 1 N–H and O–H groups in total. The summed E-state index contributed by atoms with van der Waals surface area (Å²) in [6, 6.07) is 14.6. The summed E-state index contributed by atoms with van der Waals surface area (Å²) in [5.74, 6) is 0.243. The smallest absolute Gasteiger partial charge is 0.258 e. The number of benzene rings is 2. The van der Waals surface area contributed by atoms with Crippen molar-refractivity contribution in [1.82, 2.24) is 5.32 Å². The van der Waals surface area contributed by atoms with Crippen molar-refractivity contribution >= 4 is 11.7 Å². The molecule has 5 heteroatoms. The summed E-state index contributed by atoms with van der Waals surface area (Å²) in [5.41, 5.74) is 2.65. The third-order valence-electron chi connectivity index (χ3n) is 3.43. The predicted octanol–water partition coefficient (Wildman–Crippen LogP) is 2.73. The lowest BCUT2D eigenvalue weighted by atomic mass is 10.1. The van der Waals surface area contributed by atoms with Gasteiger partial charge in [-0.3, -0.25) is 9.59 Å². The van der Waals surface area contributed by atoms with Gasteiger partial charge < -0.3 is 14.8 Å². The molecule has 0 spiro atoms. The lowest BCUT2D eigenvalue weighted by Gasteiger charge is -2.09. The highest BCUT2D eigenvalue weighted by Gasteiger charge is 2.05. The van der Waals surface area contributed by atoms with E-state index in [0.717, 1.165) is 11.1 Å². The topological polar surface area (TPSA) is 64.6 Å². The zero-order valence-corrected chi connectivity index (χ0v) is 13.9. The highest BCUT2D eigenvalue weighted by Crippen LogP contribution is 2.13. The number of carbonyl (C=O) groups is 2. The van der Waals surface area contributed by atoms with E-state index in [0.29, 0.717) is 24.5 Å². The second-order valence-electron chi connectivity index (χ2n) is 5.40. The Morgan fingerprint density at radius 1 is 1.04 bits per heavy atom. The lowest BCUT2D eigenvalue weighted by Crippen LogP contribution is -2.28. The van der Waals surface area contributed by atoms with Gasteiger partial charge in [-0.05, 0) is 30.2 Å². The molecule has 0 aromatic heterocycles. The standard InChI is InChI=1S/C19H21NO4/c1-14(21)17-4-3-5-18(10-17)24-13-19(22)20-11-15-6-8-16(9-7-15)12-23-2/h3-10H,11-13H2,1-2H3,(H,20,22). The second kappa shape index (κ2) is 8.84. The van der Waals surface area contributed by atoms with Gasteiger partial charge in [0.15, 0.2) is 12.4 Å². The Kier molecular flexibility index (Phi) is 6.51. The molecule has 24 heavy (non-hydrogen) atoms. The van der Waals surface area contributed by atoms with Crippen molar-refractivity contribution in [2.75, 3.05) is 13.7 Å². The first kappa shape index (κ1) is 17.7. The SMILES string of the molecule is COCc1ccc(CNC(=O)COc2cccc(C(C)=O)c2)cc1. The summed E-state index contributed by atoms with van der Waals surface area (Å²) >= 11 is 0. The van der Waals surface area contributed by atoms with Gasteiger partial charge in [-0.15, -0.1) is 0 Å². The molecule has 0 unspecified atom stereocenters. The van der Waals surface area contributed by atoms with Crippen molar-refractivity contribution in [3.05, 3.63) is 65.2 Å². The van der Waals surface area contributed by atoms with Crippen LogP contribution in [0.1, 0.15) is 28.4 Å². The number of rotatable bonds is 8. The summed E-state index contributed by atoms with van der Waals surface area (Å²) in [5, 5.41) is 2.80. The van der Waals surface area contributed by atoms with Crippen molar-refractivity contribution in [2.45, 2.75) is 20.1 Å². The molecule has 0 bridgehead atoms. The minimum atomic E-state index is -0.218. The number of ketones is 1. The number of ether oxygens (including phenoxy) is 2. The number of carbonyl (C=O) groups excluding carboxylic acids is 2. The third-order valence-corrected chi connectivity index (χ3v) is 3.43. The van der Waals surface area contributed by atoms with E-state index in [1.54, 1.807) is 31.4 Å². The molecule has 2 aromatic rings. The third kappa shape index (κ3) is 5.52. The highest BCUT2D eigenvalue weighted by molar-refractivity contribution is 5.94. The maximum atomic E-state index is 11.9. The molecule has 0 aliphatic heterocycles. The van der Waals surface area contributed by atoms with E-state index < -0.39 is 0 Å². The summed E-state index contributed by atoms with van der Waals surface area (Å²) in [6.07, 6.45) is 0. The van der Waals surface area contributed by atoms with Crippen LogP contribution in [0.3, 0.4) is 0 Å². The van der Waals surface area contributed by atoms with E-state index in [-0.39, 0.29) is 18.3 Å². The van der Waals surface area contributed by atoms with Crippen LogP contribution in [-0.2, 0) is 22.7 Å². The Labute approximate surface area is 141 Å². The quantitative estimate of drug-likeness (QED) is 0.757. The van der Waals surface area contributed by atoms with Crippen LogP contribution in [0.25, 0.3) is 0 Å². The lowest BCUT2D eigenvalue weighted by molar-refractivity contribution is -0.123. The molecular formula is C19H21NO4. The Morgan fingerprint density at radius 2 is 1.75 bits per heavy atom. The van der Waals surface area contributed by atoms with Gasteiger partial charge in [0.1, 0.15) is 5.75 Å². The predicted molar refractivity (Wildman–Crippen MR) is 90.9 cm³/mol. The van der Waals surface area contributed by atoms with Crippen molar-refractivity contribution in [3.8, 4) is 5.75 Å². The molecule has 126 valence electrons. The maximum absolute atomic E-state index is 11.9. The summed E-state index contributed by atoms with van der Waals surface area (Å²) in [7, 11) is 1.65. The molecule has 0 aliphatic rings. The number of amides is 1. The Balaban J connectivity index is 1.79. The number of methoxy groups -OCH3 is 1. The first-order valence-electron chi connectivity index (χ1n) is 7.65. The molecule has 2 rings (SSSR count). The first-order chi connectivity index (χ1) is 11.6. The van der Waals surface area contributed by atoms with Crippen LogP contribution in [0.4, 0.5) is 0 Å². The van der Waals surface area contributed by atoms with Gasteiger partial charge in [-0.2, -0.15) is 0 Å². The van der Waals surface area contributed by atoms with E-state index in [1.807, 2.05) is 24.3 Å². The van der Waals surface area contributed by atoms with Gasteiger partial charge in [-0.25, -0.2) is 0 Å². The van der Waals surface area contributed by atoms with E-state index in [9.17, 15) is 9.59 Å². The van der Waals surface area contributed by atoms with Gasteiger partial charge in [0.05, 0.1) is 6.61 Å². The van der Waals surface area contributed by atoms with Crippen LogP contribution in [0.15, 0.2) is 48.5 Å². The summed E-state index contributed by atoms with van der Waals surface area (Å²) in [6.45, 7) is 2.40. The molecule has 0 atom stereocenters. The van der Waals surface area contributed by atoms with Crippen molar-refractivity contribution in [1.29, 1.82) is 0 Å². The molecule has 0 saturated heterocycles. The normalized spacial score (nSPS) is 10.2. The van der Waals surface area contributed by atoms with Gasteiger partial charge in [0.25, 0.3) is 5.91 Å². The van der Waals surface area contributed by atoms with Crippen LogP contribution in [0.2, 0.25) is 0 Å². The fourth-order valence-corrected chi connectivity index (χ4v) is 2.13. The van der Waals surface area contributed by atoms with Gasteiger partial charge in [0, 0.05) is 19.2 Å². The zero-order valence-electron chi connectivity index (χ0n) is 13.9. The maximum Gasteiger partial charge on any atom is 0.258 e. The molecular weight excluding hydrogens is 306 g/mol. The summed E-state index contributed by atoms with van der Waals surface area (Å²) < 4.78 is 10.5. The number of Topliss-reactive ketones (excluding diaryl/α,β-unsaturated/α-hetero) is 1. The Morgan fingerprint density at radius 3 is 2.42 bits per heavy atom. The number of hydrogen-bond donors (Lipinski definition) is 1. The summed E-state index contributed by atoms with van der Waals surface area (Å²) in [4.78, 5) is 23.2. The number of hydrogen-bond acceptors (Lipinski definition) is 4. The van der Waals surface area contributed by atoms with Gasteiger partial charge in [0.2, 0.25) is 0 Å². The van der Waals surface area contributed by atoms with Crippen LogP contribution in [-0.4, -0.2) is 25.4 Å². The van der Waals surface area contributed by atoms with Gasteiger partial charge in [-0.1, -0.05) is 36.4 Å². The van der Waals surface area contributed by atoms with Crippen molar-refractivity contribution < 1.29 is 19.1 Å². The fraction of sp³-hybridized carbons (Fsp3) is 0.263. The molecule has 0 aliphatic carbocycles. The molecule has 0 saturated carbocycles. The minimum absolute atomic E-state index is 0.0400. The Bertz CT molecular complexity index is 695. The average Bonchev–Trinajstić information content (AvgIpc) is 2.60. The fourth-order valence-electron chi connectivity index (χ4n) is 2.13. The molecule has 0 radical (unpaired) electrons. The second-order valence-corrected chi connectivity index (χ2v) is 5.40. The zero-order chi connectivity index (χ0) is 17.4. The largest absolute Gasteiger partial charge is 0.484 e. The van der Waals surface area contributed by atoms with E-state index in [1.165, 1.54) is 6.92 Å². The molecule has 5 nitrogen and oxygen atoms in total.